The molecule has 0 radical (unpaired) electrons. The van der Waals surface area contributed by atoms with Crippen LogP contribution in [0.2, 0.25) is 0 Å². The van der Waals surface area contributed by atoms with Gasteiger partial charge in [-0.25, -0.2) is 4.79 Å². The summed E-state index contributed by atoms with van der Waals surface area (Å²) in [5.74, 6) is 0.698. The molecule has 1 spiro atoms. The minimum absolute atomic E-state index is 0.0540. The third kappa shape index (κ3) is 3.38. The molecule has 2 aromatic carbocycles. The minimum atomic E-state index is -0.643. The first kappa shape index (κ1) is 20.3. The second kappa shape index (κ2) is 7.63. The van der Waals surface area contributed by atoms with E-state index in [0.29, 0.717) is 50.4 Å². The maximum atomic E-state index is 12.9. The van der Waals surface area contributed by atoms with E-state index in [1.54, 1.807) is 15.8 Å². The Kier molecular flexibility index (Phi) is 4.69. The van der Waals surface area contributed by atoms with E-state index in [-0.39, 0.29) is 12.0 Å². The fourth-order valence-corrected chi connectivity index (χ4v) is 5.61. The van der Waals surface area contributed by atoms with E-state index in [2.05, 4.69) is 29.4 Å². The van der Waals surface area contributed by atoms with Crippen LogP contribution in [-0.4, -0.2) is 51.2 Å². The van der Waals surface area contributed by atoms with Crippen molar-refractivity contribution in [2.45, 2.75) is 36.9 Å². The molecule has 1 unspecified atom stereocenters. The number of ether oxygens (including phenoxy) is 2. The van der Waals surface area contributed by atoms with Gasteiger partial charge in [0.1, 0.15) is 24.0 Å². The maximum absolute atomic E-state index is 12.9. The summed E-state index contributed by atoms with van der Waals surface area (Å²) in [5.41, 5.74) is 4.99. The Morgan fingerprint density at radius 3 is 2.42 bits per heavy atom. The van der Waals surface area contributed by atoms with Crippen LogP contribution < -0.4 is 4.74 Å². The number of rotatable bonds is 2. The van der Waals surface area contributed by atoms with E-state index in [4.69, 9.17) is 9.47 Å². The number of benzene rings is 2. The van der Waals surface area contributed by atoms with Crippen molar-refractivity contribution >= 4 is 6.09 Å². The van der Waals surface area contributed by atoms with Crippen LogP contribution in [0, 0.1) is 0 Å². The monoisotopic (exact) mass is 445 g/mol. The van der Waals surface area contributed by atoms with E-state index in [0.717, 1.165) is 0 Å². The molecule has 6 rings (SSSR count). The second-order valence-electron chi connectivity index (χ2n) is 9.35. The normalized spacial score (nSPS) is 20.7. The van der Waals surface area contributed by atoms with Crippen LogP contribution in [0.15, 0.2) is 54.7 Å². The van der Waals surface area contributed by atoms with Crippen LogP contribution in [-0.2, 0) is 11.8 Å². The lowest BCUT2D eigenvalue weighted by atomic mass is 9.83. The average Bonchev–Trinajstić information content (AvgIpc) is 3.35. The molecule has 1 aliphatic carbocycles. The molecule has 3 aliphatic rings. The highest BCUT2D eigenvalue weighted by Crippen LogP contribution is 2.45. The van der Waals surface area contributed by atoms with Crippen molar-refractivity contribution in [3.8, 4) is 16.9 Å². The molecule has 3 heterocycles. The lowest BCUT2D eigenvalue weighted by Crippen LogP contribution is -2.51. The van der Waals surface area contributed by atoms with Gasteiger partial charge in [-0.1, -0.05) is 48.5 Å². The molecular formula is C26H27N3O4. The Hall–Kier alpha value is -3.32. The van der Waals surface area contributed by atoms with Crippen LogP contribution in [0.5, 0.6) is 5.75 Å². The zero-order valence-electron chi connectivity index (χ0n) is 18.6. The number of aryl methyl sites for hydroxylation is 1. The smallest absolute Gasteiger partial charge is 0.409 e. The summed E-state index contributed by atoms with van der Waals surface area (Å²) < 4.78 is 13.8. The van der Waals surface area contributed by atoms with E-state index in [1.807, 2.05) is 31.3 Å². The summed E-state index contributed by atoms with van der Waals surface area (Å²) in [6.45, 7) is 1.40. The summed E-state index contributed by atoms with van der Waals surface area (Å²) >= 11 is 0. The number of carbonyl (C=O) groups excluding carboxylic acids is 1. The van der Waals surface area contributed by atoms with Crippen molar-refractivity contribution in [1.29, 1.82) is 0 Å². The van der Waals surface area contributed by atoms with Crippen LogP contribution in [0.25, 0.3) is 11.1 Å². The number of likely N-dealkylation sites (tertiary alicyclic amines) is 1. The second-order valence-corrected chi connectivity index (χ2v) is 9.35. The van der Waals surface area contributed by atoms with Gasteiger partial charge in [0.15, 0.2) is 5.75 Å². The van der Waals surface area contributed by atoms with Gasteiger partial charge >= 0.3 is 6.09 Å². The predicted molar refractivity (Wildman–Crippen MR) is 122 cm³/mol. The summed E-state index contributed by atoms with van der Waals surface area (Å²) in [7, 11) is 1.82. The first-order valence-corrected chi connectivity index (χ1v) is 11.5. The lowest BCUT2D eigenvalue weighted by molar-refractivity contribution is -0.0528. The Morgan fingerprint density at radius 2 is 1.76 bits per heavy atom. The van der Waals surface area contributed by atoms with Gasteiger partial charge in [0, 0.05) is 45.3 Å². The Bertz CT molecular complexity index is 1170. The van der Waals surface area contributed by atoms with Crippen molar-refractivity contribution in [2.75, 3.05) is 19.7 Å². The number of aliphatic hydroxyl groups excluding tert-OH is 1. The first-order valence-electron chi connectivity index (χ1n) is 11.5. The highest BCUT2D eigenvalue weighted by Gasteiger charge is 2.45. The molecule has 1 N–H and O–H groups in total. The third-order valence-corrected chi connectivity index (χ3v) is 7.30. The maximum Gasteiger partial charge on any atom is 0.409 e. The van der Waals surface area contributed by atoms with E-state index >= 15 is 0 Å². The number of nitrogens with zero attached hydrogens (tertiary/aromatic N) is 3. The highest BCUT2D eigenvalue weighted by atomic mass is 16.6. The molecule has 7 heteroatoms. The number of amides is 1. The lowest BCUT2D eigenvalue weighted by Gasteiger charge is -2.44. The Labute approximate surface area is 192 Å². The summed E-state index contributed by atoms with van der Waals surface area (Å²) in [5, 5.41) is 14.9. The highest BCUT2D eigenvalue weighted by molar-refractivity contribution is 5.79. The number of fused-ring (bicyclic) bond motifs is 4. The van der Waals surface area contributed by atoms with E-state index in [1.165, 1.54) is 22.3 Å². The standard InChI is InChI=1S/C26H27N3O4/c1-28-15-23-24(27-28)22(30)14-26(33-23)10-12-29(13-11-26)25(31)32-16-21-19-8-4-2-6-17(19)18-7-3-5-9-20(18)21/h2-9,15,21-22,30H,10-14,16H2,1H3. The minimum Gasteiger partial charge on any atom is -0.483 e. The number of aromatic nitrogens is 2. The van der Waals surface area contributed by atoms with Crippen LogP contribution in [0.4, 0.5) is 4.79 Å². The molecule has 3 aromatic rings. The number of aliphatic hydroxyl groups is 1. The third-order valence-electron chi connectivity index (χ3n) is 7.30. The van der Waals surface area contributed by atoms with Crippen LogP contribution in [0.1, 0.15) is 48.1 Å². The molecule has 170 valence electrons. The molecule has 0 saturated carbocycles. The predicted octanol–water partition coefficient (Wildman–Crippen LogP) is 4.02. The molecule has 0 bridgehead atoms. The zero-order chi connectivity index (χ0) is 22.6. The van der Waals surface area contributed by atoms with Crippen LogP contribution >= 0.6 is 0 Å². The Morgan fingerprint density at radius 1 is 1.12 bits per heavy atom. The van der Waals surface area contributed by atoms with Gasteiger partial charge in [0.05, 0.1) is 6.20 Å². The topological polar surface area (TPSA) is 76.8 Å². The summed E-state index contributed by atoms with van der Waals surface area (Å²) in [6.07, 6.45) is 2.68. The molecular weight excluding hydrogens is 418 g/mol. The summed E-state index contributed by atoms with van der Waals surface area (Å²) in [4.78, 5) is 14.7. The largest absolute Gasteiger partial charge is 0.483 e. The Balaban J connectivity index is 1.11. The quantitative estimate of drug-likeness (QED) is 0.645. The van der Waals surface area contributed by atoms with Gasteiger partial charge < -0.3 is 19.5 Å². The van der Waals surface area contributed by atoms with Crippen molar-refractivity contribution < 1.29 is 19.4 Å². The van der Waals surface area contributed by atoms with Crippen molar-refractivity contribution in [3.63, 3.8) is 0 Å². The zero-order valence-corrected chi connectivity index (χ0v) is 18.6. The fraction of sp³-hybridized carbons (Fsp3) is 0.385. The van der Waals surface area contributed by atoms with Crippen molar-refractivity contribution in [1.82, 2.24) is 14.7 Å². The number of hydrogen-bond acceptors (Lipinski definition) is 5. The van der Waals surface area contributed by atoms with Gasteiger partial charge in [0.25, 0.3) is 0 Å². The first-order chi connectivity index (χ1) is 16.0. The molecule has 33 heavy (non-hydrogen) atoms. The van der Waals surface area contributed by atoms with E-state index < -0.39 is 11.7 Å². The molecule has 1 atom stereocenters. The van der Waals surface area contributed by atoms with Gasteiger partial charge in [-0.2, -0.15) is 5.10 Å². The van der Waals surface area contributed by atoms with Crippen LogP contribution in [0.3, 0.4) is 0 Å². The average molecular weight is 446 g/mol. The molecule has 1 amide bonds. The van der Waals surface area contributed by atoms with Gasteiger partial charge in [-0.15, -0.1) is 0 Å². The van der Waals surface area contributed by atoms with Crippen molar-refractivity contribution in [2.24, 2.45) is 7.05 Å². The molecule has 1 fully saturated rings. The number of carbonyl (C=O) groups is 1. The molecule has 1 aromatic heterocycles. The van der Waals surface area contributed by atoms with Gasteiger partial charge in [-0.3, -0.25) is 4.68 Å². The van der Waals surface area contributed by atoms with E-state index in [9.17, 15) is 9.90 Å². The van der Waals surface area contributed by atoms with Gasteiger partial charge in [-0.05, 0) is 22.3 Å². The SMILES string of the molecule is Cn1cc2c(n1)C(O)CC1(CCN(C(=O)OCC3c4ccccc4-c4ccccc43)CC1)O2. The molecule has 2 aliphatic heterocycles. The number of piperidine rings is 1. The molecule has 1 saturated heterocycles. The number of hydrogen-bond donors (Lipinski definition) is 1. The molecule has 7 nitrogen and oxygen atoms in total. The summed E-state index contributed by atoms with van der Waals surface area (Å²) in [6, 6.07) is 16.7. The van der Waals surface area contributed by atoms with Gasteiger partial charge in [0.2, 0.25) is 0 Å². The fourth-order valence-electron chi connectivity index (χ4n) is 5.61. The van der Waals surface area contributed by atoms with Crippen molar-refractivity contribution in [3.05, 3.63) is 71.5 Å².